The maximum atomic E-state index is 12.4. The summed E-state index contributed by atoms with van der Waals surface area (Å²) in [5.41, 5.74) is 2.89. The lowest BCUT2D eigenvalue weighted by Crippen LogP contribution is -2.21. The monoisotopic (exact) mass is 355 g/mol. The van der Waals surface area contributed by atoms with Gasteiger partial charge in [0.2, 0.25) is 0 Å². The summed E-state index contributed by atoms with van der Waals surface area (Å²) in [5, 5.41) is 2.83. The predicted molar refractivity (Wildman–Crippen MR) is 103 cm³/mol. The smallest absolute Gasteiger partial charge is 0.339 e. The van der Waals surface area contributed by atoms with Gasteiger partial charge in [0.05, 0.1) is 17.9 Å². The van der Waals surface area contributed by atoms with Crippen LogP contribution in [0.2, 0.25) is 0 Å². The molecule has 0 aliphatic rings. The Morgan fingerprint density at radius 3 is 2.23 bits per heavy atom. The molecule has 138 valence electrons. The molecule has 1 aromatic heterocycles. The van der Waals surface area contributed by atoms with Crippen molar-refractivity contribution in [1.82, 2.24) is 4.98 Å². The van der Waals surface area contributed by atoms with Crippen LogP contribution in [0.15, 0.2) is 36.4 Å². The zero-order chi connectivity index (χ0) is 19.1. The Balaban J connectivity index is 2.10. The molecule has 0 unspecified atom stereocenters. The summed E-state index contributed by atoms with van der Waals surface area (Å²) in [6.45, 7) is 9.79. The van der Waals surface area contributed by atoms with Crippen LogP contribution in [0.25, 0.3) is 0 Å². The highest BCUT2D eigenvalue weighted by Gasteiger charge is 2.15. The third-order valence-corrected chi connectivity index (χ3v) is 4.07. The average molecular weight is 355 g/mol. The Morgan fingerprint density at radius 1 is 1.04 bits per heavy atom. The second-order valence-electron chi connectivity index (χ2n) is 5.72. The highest BCUT2D eigenvalue weighted by Crippen LogP contribution is 2.18. The number of hydrogen-bond donors (Lipinski definition) is 1. The number of ether oxygens (including phenoxy) is 1. The number of carbonyl (C=O) groups excluding carboxylic acids is 2. The van der Waals surface area contributed by atoms with Gasteiger partial charge in [-0.2, -0.15) is 0 Å². The Kier molecular flexibility index (Phi) is 6.72. The Bertz CT molecular complexity index is 768. The van der Waals surface area contributed by atoms with E-state index in [4.69, 9.17) is 4.74 Å². The van der Waals surface area contributed by atoms with E-state index < -0.39 is 5.97 Å². The summed E-state index contributed by atoms with van der Waals surface area (Å²) < 4.78 is 4.97. The molecule has 1 amide bonds. The van der Waals surface area contributed by atoms with Crippen molar-refractivity contribution in [2.45, 2.75) is 27.7 Å². The number of esters is 1. The van der Waals surface area contributed by atoms with E-state index in [0.29, 0.717) is 23.6 Å². The molecule has 0 spiro atoms. The van der Waals surface area contributed by atoms with Gasteiger partial charge in [-0.15, -0.1) is 0 Å². The second-order valence-corrected chi connectivity index (χ2v) is 5.72. The van der Waals surface area contributed by atoms with E-state index in [-0.39, 0.29) is 11.6 Å². The molecule has 0 saturated heterocycles. The largest absolute Gasteiger partial charge is 0.462 e. The lowest BCUT2D eigenvalue weighted by molar-refractivity contribution is 0.0524. The first-order valence-corrected chi connectivity index (χ1v) is 8.81. The normalized spacial score (nSPS) is 10.3. The third kappa shape index (κ3) is 4.59. The maximum absolute atomic E-state index is 12.4. The van der Waals surface area contributed by atoms with Gasteiger partial charge in [0.25, 0.3) is 5.91 Å². The Morgan fingerprint density at radius 2 is 1.69 bits per heavy atom. The minimum absolute atomic E-state index is 0.253. The topological polar surface area (TPSA) is 71.5 Å². The van der Waals surface area contributed by atoms with Gasteiger partial charge < -0.3 is 15.0 Å². The van der Waals surface area contributed by atoms with E-state index in [2.05, 4.69) is 29.0 Å². The number of carbonyl (C=O) groups is 2. The van der Waals surface area contributed by atoms with Crippen molar-refractivity contribution in [3.05, 3.63) is 53.3 Å². The van der Waals surface area contributed by atoms with Crippen LogP contribution in [0, 0.1) is 6.92 Å². The summed E-state index contributed by atoms with van der Waals surface area (Å²) in [7, 11) is 0. The molecule has 2 aromatic rings. The summed E-state index contributed by atoms with van der Waals surface area (Å²) in [4.78, 5) is 30.7. The van der Waals surface area contributed by atoms with Crippen LogP contribution in [0.5, 0.6) is 0 Å². The molecule has 1 N–H and O–H groups in total. The molecule has 0 saturated carbocycles. The minimum atomic E-state index is -0.434. The highest BCUT2D eigenvalue weighted by atomic mass is 16.5. The number of amides is 1. The van der Waals surface area contributed by atoms with Crippen molar-refractivity contribution in [1.29, 1.82) is 0 Å². The molecule has 0 aliphatic carbocycles. The summed E-state index contributed by atoms with van der Waals surface area (Å²) in [6, 6.07) is 10.8. The number of nitrogens with zero attached hydrogens (tertiary/aromatic N) is 2. The van der Waals surface area contributed by atoms with Crippen molar-refractivity contribution < 1.29 is 14.3 Å². The van der Waals surface area contributed by atoms with Gasteiger partial charge in [0, 0.05) is 24.5 Å². The zero-order valence-electron chi connectivity index (χ0n) is 15.7. The SMILES string of the molecule is CCOC(=O)c1ccc(C(=O)Nc2ccc(N(CC)CC)cc2)nc1C. The number of benzene rings is 1. The number of aromatic nitrogens is 1. The zero-order valence-corrected chi connectivity index (χ0v) is 15.7. The van der Waals surface area contributed by atoms with Gasteiger partial charge in [0.1, 0.15) is 5.69 Å². The first kappa shape index (κ1) is 19.4. The van der Waals surface area contributed by atoms with Crippen LogP contribution in [0.1, 0.15) is 47.3 Å². The Hall–Kier alpha value is -2.89. The molecule has 0 bridgehead atoms. The number of nitrogens with one attached hydrogen (secondary N) is 1. The summed E-state index contributed by atoms with van der Waals surface area (Å²) >= 11 is 0. The first-order valence-electron chi connectivity index (χ1n) is 8.81. The molecular weight excluding hydrogens is 330 g/mol. The van der Waals surface area contributed by atoms with Crippen LogP contribution < -0.4 is 10.2 Å². The number of rotatable bonds is 7. The Labute approximate surface area is 154 Å². The van der Waals surface area contributed by atoms with E-state index in [1.807, 2.05) is 24.3 Å². The third-order valence-electron chi connectivity index (χ3n) is 4.07. The molecule has 0 aliphatic heterocycles. The molecule has 6 nitrogen and oxygen atoms in total. The first-order chi connectivity index (χ1) is 12.5. The quantitative estimate of drug-likeness (QED) is 0.767. The number of aryl methyl sites for hydroxylation is 1. The van der Waals surface area contributed by atoms with Crippen LogP contribution in [-0.4, -0.2) is 36.6 Å². The van der Waals surface area contributed by atoms with Crippen LogP contribution in [0.3, 0.4) is 0 Å². The molecular formula is C20H25N3O3. The number of hydrogen-bond acceptors (Lipinski definition) is 5. The van der Waals surface area contributed by atoms with E-state index in [9.17, 15) is 9.59 Å². The van der Waals surface area contributed by atoms with Crippen LogP contribution in [-0.2, 0) is 4.74 Å². The van der Waals surface area contributed by atoms with Gasteiger partial charge in [-0.25, -0.2) is 9.78 Å². The lowest BCUT2D eigenvalue weighted by Gasteiger charge is -2.21. The predicted octanol–water partition coefficient (Wildman–Crippen LogP) is 3.67. The molecule has 0 radical (unpaired) electrons. The minimum Gasteiger partial charge on any atom is -0.462 e. The van der Waals surface area contributed by atoms with E-state index >= 15 is 0 Å². The molecule has 1 heterocycles. The van der Waals surface area contributed by atoms with Gasteiger partial charge in [0.15, 0.2) is 0 Å². The fourth-order valence-corrected chi connectivity index (χ4v) is 2.65. The standard InChI is InChI=1S/C20H25N3O3/c1-5-23(6-2)16-10-8-15(9-11-16)22-19(24)18-13-12-17(14(4)21-18)20(25)26-7-3/h8-13H,5-7H2,1-4H3,(H,22,24). The molecule has 2 rings (SSSR count). The molecule has 1 aromatic carbocycles. The maximum Gasteiger partial charge on any atom is 0.339 e. The van der Waals surface area contributed by atoms with Crippen LogP contribution >= 0.6 is 0 Å². The van der Waals surface area contributed by atoms with E-state index in [1.54, 1.807) is 19.9 Å². The fourth-order valence-electron chi connectivity index (χ4n) is 2.65. The van der Waals surface area contributed by atoms with Gasteiger partial charge in [-0.3, -0.25) is 4.79 Å². The second kappa shape index (κ2) is 8.99. The number of anilines is 2. The van der Waals surface area contributed by atoms with E-state index in [0.717, 1.165) is 18.8 Å². The molecule has 0 atom stereocenters. The lowest BCUT2D eigenvalue weighted by atomic mass is 10.2. The average Bonchev–Trinajstić information content (AvgIpc) is 2.64. The molecule has 0 fully saturated rings. The van der Waals surface area contributed by atoms with E-state index in [1.165, 1.54) is 6.07 Å². The highest BCUT2D eigenvalue weighted by molar-refractivity contribution is 6.03. The summed E-state index contributed by atoms with van der Waals surface area (Å²) in [6.07, 6.45) is 0. The van der Waals surface area contributed by atoms with Gasteiger partial charge in [-0.1, -0.05) is 0 Å². The summed E-state index contributed by atoms with van der Waals surface area (Å²) in [5.74, 6) is -0.754. The molecule has 26 heavy (non-hydrogen) atoms. The van der Waals surface area contributed by atoms with Gasteiger partial charge in [-0.05, 0) is 64.1 Å². The van der Waals surface area contributed by atoms with Crippen molar-refractivity contribution in [3.8, 4) is 0 Å². The van der Waals surface area contributed by atoms with Crippen molar-refractivity contribution >= 4 is 23.3 Å². The fraction of sp³-hybridized carbons (Fsp3) is 0.350. The van der Waals surface area contributed by atoms with Crippen molar-refractivity contribution in [2.24, 2.45) is 0 Å². The van der Waals surface area contributed by atoms with Crippen LogP contribution in [0.4, 0.5) is 11.4 Å². The van der Waals surface area contributed by atoms with Crippen molar-refractivity contribution in [2.75, 3.05) is 29.9 Å². The molecule has 6 heteroatoms. The van der Waals surface area contributed by atoms with Crippen molar-refractivity contribution in [3.63, 3.8) is 0 Å². The van der Waals surface area contributed by atoms with Gasteiger partial charge >= 0.3 is 5.97 Å². The number of pyridine rings is 1.